The molecule has 1 aromatic carbocycles. The van der Waals surface area contributed by atoms with Crippen LogP contribution in [0, 0.1) is 11.7 Å². The second-order valence-electron chi connectivity index (χ2n) is 9.98. The van der Waals surface area contributed by atoms with Gasteiger partial charge in [0.05, 0.1) is 21.2 Å². The number of pyridine rings is 1. The van der Waals surface area contributed by atoms with Crippen LogP contribution >= 0.6 is 11.3 Å². The highest BCUT2D eigenvalue weighted by atomic mass is 32.1. The second kappa shape index (κ2) is 11.1. The van der Waals surface area contributed by atoms with E-state index >= 15 is 0 Å². The summed E-state index contributed by atoms with van der Waals surface area (Å²) < 4.78 is 29.2. The Morgan fingerprint density at radius 2 is 2.03 bits per heavy atom. The van der Waals surface area contributed by atoms with Crippen LogP contribution in [0.2, 0.25) is 0 Å². The summed E-state index contributed by atoms with van der Waals surface area (Å²) in [4.78, 5) is 22.1. The van der Waals surface area contributed by atoms with E-state index in [2.05, 4.69) is 34.0 Å². The number of urea groups is 1. The lowest BCUT2D eigenvalue weighted by molar-refractivity contribution is 0.0972. The molecule has 0 aliphatic heterocycles. The molecule has 0 spiro atoms. The van der Waals surface area contributed by atoms with Crippen LogP contribution in [0.1, 0.15) is 38.8 Å². The smallest absolute Gasteiger partial charge is 0.319 e. The van der Waals surface area contributed by atoms with Crippen LogP contribution in [-0.4, -0.2) is 39.8 Å². The van der Waals surface area contributed by atoms with Gasteiger partial charge in [0, 0.05) is 56.1 Å². The molecule has 2 N–H and O–H groups in total. The molecular formula is C28H32FN5O3S. The summed E-state index contributed by atoms with van der Waals surface area (Å²) >= 11 is 1.51. The molecule has 1 fully saturated rings. The monoisotopic (exact) mass is 537 g/mol. The number of benzene rings is 1. The highest BCUT2D eigenvalue weighted by Gasteiger charge is 2.23. The summed E-state index contributed by atoms with van der Waals surface area (Å²) in [7, 11) is 3.76. The fraction of sp³-hybridized carbons (Fsp3) is 0.393. The number of aromatic nitrogens is 3. The number of nitrogens with zero attached hydrogens (tertiary/aromatic N) is 3. The van der Waals surface area contributed by atoms with Gasteiger partial charge in [0.1, 0.15) is 11.6 Å². The van der Waals surface area contributed by atoms with Gasteiger partial charge in [-0.15, -0.1) is 11.3 Å². The number of carbonyl (C=O) groups is 1. The van der Waals surface area contributed by atoms with Crippen molar-refractivity contribution in [3.63, 3.8) is 0 Å². The summed E-state index contributed by atoms with van der Waals surface area (Å²) in [5.74, 6) is 1.32. The number of carbonyl (C=O) groups excluding carboxylic acids is 1. The van der Waals surface area contributed by atoms with Gasteiger partial charge in [-0.2, -0.15) is 0 Å². The number of ether oxygens (including phenoxy) is 2. The first kappa shape index (κ1) is 26.1. The molecule has 5 rings (SSSR count). The number of halogens is 1. The average Bonchev–Trinajstić information content (AvgIpc) is 3.46. The minimum atomic E-state index is -0.568. The molecule has 1 saturated carbocycles. The second-order valence-corrected chi connectivity index (χ2v) is 11.0. The van der Waals surface area contributed by atoms with Gasteiger partial charge in [-0.05, 0) is 56.7 Å². The lowest BCUT2D eigenvalue weighted by Crippen LogP contribution is -2.30. The lowest BCUT2D eigenvalue weighted by Gasteiger charge is -2.16. The third-order valence-corrected chi connectivity index (χ3v) is 7.83. The predicted octanol–water partition coefficient (Wildman–Crippen LogP) is 6.52. The molecule has 2 amide bonds. The lowest BCUT2D eigenvalue weighted by atomic mass is 9.99. The molecule has 2 unspecified atom stereocenters. The minimum absolute atomic E-state index is 0.0687. The van der Waals surface area contributed by atoms with Crippen molar-refractivity contribution in [3.8, 4) is 22.2 Å². The van der Waals surface area contributed by atoms with Crippen molar-refractivity contribution >= 4 is 33.3 Å². The molecule has 8 nitrogen and oxygen atoms in total. The van der Waals surface area contributed by atoms with E-state index in [-0.39, 0.29) is 23.9 Å². The van der Waals surface area contributed by atoms with E-state index in [1.54, 1.807) is 25.4 Å². The molecule has 3 aromatic heterocycles. The Hall–Kier alpha value is -3.50. The van der Waals surface area contributed by atoms with Gasteiger partial charge < -0.3 is 24.7 Å². The molecule has 1 aliphatic carbocycles. The molecular weight excluding hydrogens is 505 g/mol. The Bertz CT molecular complexity index is 1450. The van der Waals surface area contributed by atoms with E-state index in [1.165, 1.54) is 23.5 Å². The summed E-state index contributed by atoms with van der Waals surface area (Å²) in [6.45, 7) is 4.31. The van der Waals surface area contributed by atoms with Crippen molar-refractivity contribution in [2.24, 2.45) is 13.0 Å². The van der Waals surface area contributed by atoms with Crippen molar-refractivity contribution in [1.29, 1.82) is 0 Å². The van der Waals surface area contributed by atoms with Gasteiger partial charge in [-0.25, -0.2) is 14.2 Å². The number of imidazole rings is 1. The summed E-state index contributed by atoms with van der Waals surface area (Å²) in [6, 6.07) is 7.98. The molecule has 2 atom stereocenters. The van der Waals surface area contributed by atoms with Crippen LogP contribution in [0.4, 0.5) is 14.9 Å². The van der Waals surface area contributed by atoms with Crippen LogP contribution in [-0.2, 0) is 18.2 Å². The molecule has 4 aromatic rings. The summed E-state index contributed by atoms with van der Waals surface area (Å²) in [6.07, 6.45) is 7.63. The number of rotatable bonds is 10. The van der Waals surface area contributed by atoms with Gasteiger partial charge in [0.2, 0.25) is 0 Å². The predicted molar refractivity (Wildman–Crippen MR) is 147 cm³/mol. The molecule has 0 saturated heterocycles. The largest absolute Gasteiger partial charge is 0.453 e. The Kier molecular flexibility index (Phi) is 7.62. The number of methoxy groups -OCH3 is 1. The van der Waals surface area contributed by atoms with Crippen molar-refractivity contribution in [1.82, 2.24) is 19.9 Å². The van der Waals surface area contributed by atoms with Crippen LogP contribution in [0.25, 0.3) is 20.9 Å². The number of anilines is 1. The first-order valence-corrected chi connectivity index (χ1v) is 13.6. The van der Waals surface area contributed by atoms with Gasteiger partial charge in [0.15, 0.2) is 11.6 Å². The fourth-order valence-electron chi connectivity index (χ4n) is 4.43. The zero-order valence-corrected chi connectivity index (χ0v) is 22.8. The van der Waals surface area contributed by atoms with Crippen molar-refractivity contribution in [2.75, 3.05) is 12.4 Å². The van der Waals surface area contributed by atoms with Crippen molar-refractivity contribution in [2.45, 2.75) is 51.7 Å². The Morgan fingerprint density at radius 3 is 2.76 bits per heavy atom. The van der Waals surface area contributed by atoms with E-state index in [1.807, 2.05) is 19.3 Å². The topological polar surface area (TPSA) is 90.3 Å². The van der Waals surface area contributed by atoms with E-state index in [4.69, 9.17) is 14.5 Å². The number of hydrogen-bond donors (Lipinski definition) is 2. The summed E-state index contributed by atoms with van der Waals surface area (Å²) in [5.41, 5.74) is 2.27. The number of nitrogens with one attached hydrogen (secondary N) is 2. The van der Waals surface area contributed by atoms with Gasteiger partial charge >= 0.3 is 6.03 Å². The molecule has 38 heavy (non-hydrogen) atoms. The van der Waals surface area contributed by atoms with E-state index in [9.17, 15) is 9.18 Å². The van der Waals surface area contributed by atoms with Gasteiger partial charge in [0.25, 0.3) is 0 Å². The number of fused-ring (bicyclic) bond motifs is 1. The highest BCUT2D eigenvalue weighted by molar-refractivity contribution is 7.22. The van der Waals surface area contributed by atoms with Crippen LogP contribution in [0.15, 0.2) is 42.7 Å². The standard InChI is InChI=1S/C28H32FN5O3S/c1-16(11-17(2)36-4)12-20-15-31-27(34(20)3)25-14-22-26(38-25)24(9-10-30-22)37-23-8-7-19(13-21(23)29)33-28(35)32-18-5-6-18/h7-10,13-18H,5-6,11-12H2,1-4H3,(H2,32,33,35). The van der Waals surface area contributed by atoms with Crippen molar-refractivity contribution in [3.05, 3.63) is 54.2 Å². The van der Waals surface area contributed by atoms with Crippen LogP contribution in [0.3, 0.4) is 0 Å². The maximum Gasteiger partial charge on any atom is 0.319 e. The molecule has 0 radical (unpaired) electrons. The Balaban J connectivity index is 1.33. The minimum Gasteiger partial charge on any atom is -0.453 e. The van der Waals surface area contributed by atoms with Gasteiger partial charge in [-0.3, -0.25) is 4.98 Å². The summed E-state index contributed by atoms with van der Waals surface area (Å²) in [5, 5.41) is 5.47. The SMILES string of the molecule is COC(C)CC(C)Cc1cnc(-c2cc3nccc(Oc4ccc(NC(=O)NC5CC5)cc4F)c3s2)n1C. The zero-order chi connectivity index (χ0) is 26.8. The first-order chi connectivity index (χ1) is 18.3. The molecule has 10 heteroatoms. The molecule has 1 aliphatic rings. The maximum absolute atomic E-state index is 14.9. The third kappa shape index (κ3) is 5.97. The highest BCUT2D eigenvalue weighted by Crippen LogP contribution is 2.39. The average molecular weight is 538 g/mol. The van der Waals surface area contributed by atoms with E-state index in [0.717, 1.165) is 52.3 Å². The van der Waals surface area contributed by atoms with E-state index in [0.29, 0.717) is 17.4 Å². The molecule has 0 bridgehead atoms. The first-order valence-electron chi connectivity index (χ1n) is 12.8. The van der Waals surface area contributed by atoms with Crippen LogP contribution < -0.4 is 15.4 Å². The number of thiophene rings is 1. The van der Waals surface area contributed by atoms with Crippen LogP contribution in [0.5, 0.6) is 11.5 Å². The Labute approximate surface area is 225 Å². The maximum atomic E-state index is 14.9. The third-order valence-electron chi connectivity index (χ3n) is 6.70. The zero-order valence-electron chi connectivity index (χ0n) is 22.0. The molecule has 3 heterocycles. The Morgan fingerprint density at radius 1 is 1.21 bits per heavy atom. The normalized spacial score (nSPS) is 14.9. The quantitative estimate of drug-likeness (QED) is 0.241. The van der Waals surface area contributed by atoms with E-state index < -0.39 is 5.82 Å². The fourth-order valence-corrected chi connectivity index (χ4v) is 5.53. The van der Waals surface area contributed by atoms with Gasteiger partial charge in [-0.1, -0.05) is 6.92 Å². The molecule has 200 valence electrons. The number of amides is 2. The van der Waals surface area contributed by atoms with Crippen molar-refractivity contribution < 1.29 is 18.7 Å². The number of hydrogen-bond acceptors (Lipinski definition) is 6.